The molecule has 0 saturated carbocycles. The molecule has 0 unspecified atom stereocenters. The van der Waals surface area contributed by atoms with Gasteiger partial charge in [0, 0.05) is 0 Å². The highest BCUT2D eigenvalue weighted by Gasteiger charge is 2.18. The van der Waals surface area contributed by atoms with Gasteiger partial charge < -0.3 is 0 Å². The van der Waals surface area contributed by atoms with Crippen LogP contribution in [0.3, 0.4) is 0 Å². The third kappa shape index (κ3) is 6.28. The predicted molar refractivity (Wildman–Crippen MR) is 43.1 cm³/mol. The molecule has 0 aliphatic carbocycles. The third-order valence-corrected chi connectivity index (χ3v) is 2.02. The largest absolute Gasteiger partial charge is 0.333 e. The summed E-state index contributed by atoms with van der Waals surface area (Å²) in [5, 5.41) is 4.65. The molecule has 11 heavy (non-hydrogen) atoms. The van der Waals surface area contributed by atoms with Crippen molar-refractivity contribution in [2.45, 2.75) is 27.2 Å². The van der Waals surface area contributed by atoms with Gasteiger partial charge in [-0.2, -0.15) is 8.42 Å². The molecule has 0 rings (SSSR count). The Morgan fingerprint density at radius 2 is 1.91 bits per heavy atom. The molecule has 4 nitrogen and oxygen atoms in total. The van der Waals surface area contributed by atoms with E-state index >= 15 is 0 Å². The van der Waals surface area contributed by atoms with Crippen LogP contribution in [0.5, 0.6) is 0 Å². The highest BCUT2D eigenvalue weighted by Crippen LogP contribution is 2.19. The first kappa shape index (κ1) is 10.9. The lowest BCUT2D eigenvalue weighted by molar-refractivity contribution is 0.181. The second kappa shape index (κ2) is 3.51. The van der Waals surface area contributed by atoms with Crippen LogP contribution in [0.2, 0.25) is 0 Å². The second-order valence-corrected chi connectivity index (χ2v) is 4.49. The summed E-state index contributed by atoms with van der Waals surface area (Å²) in [6, 6.07) is 0. The Balaban J connectivity index is 3.90. The maximum Gasteiger partial charge on any atom is 0.333 e. The minimum absolute atomic E-state index is 0.132. The lowest BCUT2D eigenvalue weighted by Gasteiger charge is -2.20. The molecule has 0 heterocycles. The number of rotatable bonds is 4. The van der Waals surface area contributed by atoms with Gasteiger partial charge in [-0.3, -0.25) is 4.18 Å². The Labute approximate surface area is 68.0 Å². The summed E-state index contributed by atoms with van der Waals surface area (Å²) < 4.78 is 25.1. The summed E-state index contributed by atoms with van der Waals surface area (Å²) in [5.41, 5.74) is -0.132. The average molecular weight is 181 g/mol. The molecule has 0 aliphatic heterocycles. The predicted octanol–water partition coefficient (Wildman–Crippen LogP) is 0.643. The van der Waals surface area contributed by atoms with E-state index in [2.05, 4.69) is 9.32 Å². The Bertz CT molecular complexity index is 208. The molecule has 0 radical (unpaired) electrons. The Hall–Kier alpha value is -0.130. The first-order chi connectivity index (χ1) is 4.77. The van der Waals surface area contributed by atoms with E-state index in [0.717, 1.165) is 6.42 Å². The number of hydrogen-bond acceptors (Lipinski definition) is 3. The summed E-state index contributed by atoms with van der Waals surface area (Å²) in [4.78, 5) is 0. The van der Waals surface area contributed by atoms with Gasteiger partial charge in [0.05, 0.1) is 6.61 Å². The molecule has 0 amide bonds. The molecule has 68 valence electrons. The molecule has 0 atom stereocenters. The van der Waals surface area contributed by atoms with Crippen LogP contribution in [-0.2, 0) is 14.5 Å². The molecule has 0 fully saturated rings. The van der Waals surface area contributed by atoms with E-state index in [1.165, 1.54) is 0 Å². The highest BCUT2D eigenvalue weighted by molar-refractivity contribution is 7.84. The topological polar surface area (TPSA) is 69.4 Å². The lowest BCUT2D eigenvalue weighted by atomic mass is 9.92. The van der Waals surface area contributed by atoms with Gasteiger partial charge in [0.15, 0.2) is 0 Å². The maximum absolute atomic E-state index is 10.3. The van der Waals surface area contributed by atoms with Gasteiger partial charge in [0.25, 0.3) is 0 Å². The molecule has 5 heteroatoms. The maximum atomic E-state index is 10.3. The number of hydrogen-bond donors (Lipinski definition) is 1. The molecule has 0 bridgehead atoms. The third-order valence-electron chi connectivity index (χ3n) is 1.57. The highest BCUT2D eigenvalue weighted by atomic mass is 32.2. The monoisotopic (exact) mass is 181 g/mol. The normalized spacial score (nSPS) is 13.5. The van der Waals surface area contributed by atoms with Gasteiger partial charge in [-0.1, -0.05) is 20.8 Å². The summed E-state index contributed by atoms with van der Waals surface area (Å²) in [7, 11) is -3.77. The standard InChI is InChI=1S/C6H15NO3S/c1-4-6(2,3)5-10-11(7,8)9/h4-5H2,1-3H3,(H2,7,8,9). The van der Waals surface area contributed by atoms with E-state index in [-0.39, 0.29) is 12.0 Å². The molecule has 0 aromatic rings. The summed E-state index contributed by atoms with van der Waals surface area (Å²) in [5.74, 6) is 0. The molecule has 0 saturated heterocycles. The van der Waals surface area contributed by atoms with Crippen molar-refractivity contribution < 1.29 is 12.6 Å². The van der Waals surface area contributed by atoms with Crippen molar-refractivity contribution >= 4 is 10.3 Å². The fraction of sp³-hybridized carbons (Fsp3) is 1.00. The van der Waals surface area contributed by atoms with Gasteiger partial charge in [-0.25, -0.2) is 5.14 Å². The first-order valence-electron chi connectivity index (χ1n) is 3.44. The second-order valence-electron chi connectivity index (χ2n) is 3.27. The minimum Gasteiger partial charge on any atom is -0.258 e. The number of nitrogens with two attached hydrogens (primary N) is 1. The zero-order chi connectivity index (χ0) is 9.12. The van der Waals surface area contributed by atoms with E-state index in [4.69, 9.17) is 0 Å². The van der Waals surface area contributed by atoms with E-state index in [9.17, 15) is 8.42 Å². The summed E-state index contributed by atoms with van der Waals surface area (Å²) >= 11 is 0. The first-order valence-corrected chi connectivity index (χ1v) is 4.91. The van der Waals surface area contributed by atoms with Crippen molar-refractivity contribution in [2.75, 3.05) is 6.61 Å². The van der Waals surface area contributed by atoms with Crippen LogP contribution in [0.15, 0.2) is 0 Å². The quantitative estimate of drug-likeness (QED) is 0.692. The molecule has 2 N–H and O–H groups in total. The van der Waals surface area contributed by atoms with Crippen molar-refractivity contribution in [1.82, 2.24) is 0 Å². The van der Waals surface area contributed by atoms with Crippen LogP contribution < -0.4 is 5.14 Å². The minimum atomic E-state index is -3.77. The zero-order valence-electron chi connectivity index (χ0n) is 7.12. The van der Waals surface area contributed by atoms with Crippen molar-refractivity contribution in [1.29, 1.82) is 0 Å². The van der Waals surface area contributed by atoms with E-state index in [1.807, 2.05) is 20.8 Å². The van der Waals surface area contributed by atoms with E-state index < -0.39 is 10.3 Å². The van der Waals surface area contributed by atoms with Gasteiger partial charge in [0.1, 0.15) is 0 Å². The SMILES string of the molecule is CCC(C)(C)COS(N)(=O)=O. The van der Waals surface area contributed by atoms with Gasteiger partial charge in [-0.15, -0.1) is 0 Å². The molecular weight excluding hydrogens is 166 g/mol. The van der Waals surface area contributed by atoms with Gasteiger partial charge in [-0.05, 0) is 11.8 Å². The Morgan fingerprint density at radius 1 is 1.45 bits per heavy atom. The van der Waals surface area contributed by atoms with Crippen LogP contribution in [0, 0.1) is 5.41 Å². The Kier molecular flexibility index (Phi) is 3.47. The average Bonchev–Trinajstić information content (AvgIpc) is 1.83. The Morgan fingerprint density at radius 3 is 2.18 bits per heavy atom. The van der Waals surface area contributed by atoms with Crippen molar-refractivity contribution in [3.8, 4) is 0 Å². The molecule has 0 aromatic heterocycles. The molecule has 0 aromatic carbocycles. The van der Waals surface area contributed by atoms with Crippen molar-refractivity contribution in [2.24, 2.45) is 10.6 Å². The smallest absolute Gasteiger partial charge is 0.258 e. The fourth-order valence-electron chi connectivity index (χ4n) is 0.344. The molecular formula is C6H15NO3S. The van der Waals surface area contributed by atoms with E-state index in [1.54, 1.807) is 0 Å². The summed E-state index contributed by atoms with van der Waals surface area (Å²) in [6.07, 6.45) is 0.850. The van der Waals surface area contributed by atoms with E-state index in [0.29, 0.717) is 0 Å². The van der Waals surface area contributed by atoms with Crippen LogP contribution >= 0.6 is 0 Å². The van der Waals surface area contributed by atoms with Gasteiger partial charge >= 0.3 is 10.3 Å². The van der Waals surface area contributed by atoms with Crippen molar-refractivity contribution in [3.05, 3.63) is 0 Å². The fourth-order valence-corrected chi connectivity index (χ4v) is 0.827. The van der Waals surface area contributed by atoms with Gasteiger partial charge in [0.2, 0.25) is 0 Å². The zero-order valence-corrected chi connectivity index (χ0v) is 7.94. The molecule has 0 aliphatic rings. The van der Waals surface area contributed by atoms with Crippen LogP contribution in [-0.4, -0.2) is 15.0 Å². The lowest BCUT2D eigenvalue weighted by Crippen LogP contribution is -2.24. The van der Waals surface area contributed by atoms with Crippen LogP contribution in [0.4, 0.5) is 0 Å². The molecule has 0 spiro atoms. The summed E-state index contributed by atoms with van der Waals surface area (Å²) in [6.45, 7) is 5.94. The van der Waals surface area contributed by atoms with Crippen LogP contribution in [0.1, 0.15) is 27.2 Å². The van der Waals surface area contributed by atoms with Crippen molar-refractivity contribution in [3.63, 3.8) is 0 Å². The van der Waals surface area contributed by atoms with Crippen LogP contribution in [0.25, 0.3) is 0 Å².